The van der Waals surface area contributed by atoms with Crippen LogP contribution in [-0.2, 0) is 0 Å². The Hall–Kier alpha value is -0.820. The van der Waals surface area contributed by atoms with Gasteiger partial charge in [-0.05, 0) is 56.2 Å². The summed E-state index contributed by atoms with van der Waals surface area (Å²) in [5, 5.41) is 0. The van der Waals surface area contributed by atoms with Crippen LogP contribution in [0.2, 0.25) is 0 Å². The van der Waals surface area contributed by atoms with E-state index in [1.165, 1.54) is 41.5 Å². The molecule has 0 saturated heterocycles. The number of rotatable bonds is 4. The van der Waals surface area contributed by atoms with Gasteiger partial charge in [-0.15, -0.1) is 0 Å². The van der Waals surface area contributed by atoms with Gasteiger partial charge in [0, 0.05) is 6.04 Å². The SMILES string of the molecule is Cc1cc(C)c(C(N)CCC2CC2)c(C)c1. The monoisotopic (exact) mass is 217 g/mol. The molecule has 1 atom stereocenters. The van der Waals surface area contributed by atoms with Gasteiger partial charge in [0.25, 0.3) is 0 Å². The molecule has 0 amide bonds. The van der Waals surface area contributed by atoms with Crippen LogP contribution in [0.5, 0.6) is 0 Å². The van der Waals surface area contributed by atoms with Gasteiger partial charge in [0.2, 0.25) is 0 Å². The highest BCUT2D eigenvalue weighted by Crippen LogP contribution is 2.36. The van der Waals surface area contributed by atoms with Crippen molar-refractivity contribution in [1.29, 1.82) is 0 Å². The molecule has 0 radical (unpaired) electrons. The van der Waals surface area contributed by atoms with Gasteiger partial charge in [-0.1, -0.05) is 30.5 Å². The summed E-state index contributed by atoms with van der Waals surface area (Å²) in [5.41, 5.74) is 11.8. The second-order valence-electron chi connectivity index (χ2n) is 5.44. The Labute approximate surface area is 99.0 Å². The van der Waals surface area contributed by atoms with Crippen molar-refractivity contribution in [2.75, 3.05) is 0 Å². The summed E-state index contributed by atoms with van der Waals surface area (Å²) < 4.78 is 0. The van der Waals surface area contributed by atoms with Gasteiger partial charge < -0.3 is 5.73 Å². The Kier molecular flexibility index (Phi) is 3.34. The number of benzene rings is 1. The minimum atomic E-state index is 0.237. The van der Waals surface area contributed by atoms with Crippen molar-refractivity contribution in [1.82, 2.24) is 0 Å². The van der Waals surface area contributed by atoms with Crippen LogP contribution in [0.25, 0.3) is 0 Å². The molecule has 1 aliphatic carbocycles. The third-order valence-electron chi connectivity index (χ3n) is 3.69. The zero-order valence-corrected chi connectivity index (χ0v) is 10.7. The molecule has 0 aliphatic heterocycles. The molecule has 0 aromatic heterocycles. The van der Waals surface area contributed by atoms with Gasteiger partial charge in [-0.3, -0.25) is 0 Å². The minimum absolute atomic E-state index is 0.237. The van der Waals surface area contributed by atoms with Crippen LogP contribution in [-0.4, -0.2) is 0 Å². The molecular weight excluding hydrogens is 194 g/mol. The van der Waals surface area contributed by atoms with Crippen molar-refractivity contribution < 1.29 is 0 Å². The molecule has 2 rings (SSSR count). The standard InChI is InChI=1S/C15H23N/c1-10-8-11(2)15(12(3)9-10)14(16)7-6-13-4-5-13/h8-9,13-14H,4-7,16H2,1-3H3. The summed E-state index contributed by atoms with van der Waals surface area (Å²) in [7, 11) is 0. The first-order valence-corrected chi connectivity index (χ1v) is 6.41. The normalized spacial score (nSPS) is 17.5. The molecule has 1 heteroatoms. The Morgan fingerprint density at radius 1 is 1.19 bits per heavy atom. The highest BCUT2D eigenvalue weighted by atomic mass is 14.6. The Bertz CT molecular complexity index is 354. The maximum absolute atomic E-state index is 6.32. The molecule has 0 heterocycles. The summed E-state index contributed by atoms with van der Waals surface area (Å²) in [5.74, 6) is 0.983. The van der Waals surface area contributed by atoms with Crippen molar-refractivity contribution in [3.8, 4) is 0 Å². The predicted molar refractivity (Wildman–Crippen MR) is 69.5 cm³/mol. The average molecular weight is 217 g/mol. The summed E-state index contributed by atoms with van der Waals surface area (Å²) >= 11 is 0. The predicted octanol–water partition coefficient (Wildman–Crippen LogP) is 3.80. The molecule has 2 N–H and O–H groups in total. The lowest BCUT2D eigenvalue weighted by atomic mass is 9.91. The van der Waals surface area contributed by atoms with E-state index in [9.17, 15) is 0 Å². The lowest BCUT2D eigenvalue weighted by molar-refractivity contribution is 0.571. The van der Waals surface area contributed by atoms with Crippen molar-refractivity contribution >= 4 is 0 Å². The fraction of sp³-hybridized carbons (Fsp3) is 0.600. The summed E-state index contributed by atoms with van der Waals surface area (Å²) in [6, 6.07) is 4.74. The molecule has 1 saturated carbocycles. The molecule has 1 aliphatic rings. The van der Waals surface area contributed by atoms with Crippen LogP contribution in [0.3, 0.4) is 0 Å². The van der Waals surface area contributed by atoms with Gasteiger partial charge in [-0.25, -0.2) is 0 Å². The average Bonchev–Trinajstić information content (AvgIpc) is 2.96. The molecule has 1 unspecified atom stereocenters. The van der Waals surface area contributed by atoms with E-state index in [0.29, 0.717) is 0 Å². The van der Waals surface area contributed by atoms with E-state index in [0.717, 1.165) is 12.3 Å². The van der Waals surface area contributed by atoms with Gasteiger partial charge in [0.05, 0.1) is 0 Å². The van der Waals surface area contributed by atoms with Crippen LogP contribution in [0.1, 0.15) is 54.0 Å². The van der Waals surface area contributed by atoms with Crippen molar-refractivity contribution in [3.63, 3.8) is 0 Å². The molecular formula is C15H23N. The van der Waals surface area contributed by atoms with Crippen molar-refractivity contribution in [3.05, 3.63) is 34.4 Å². The van der Waals surface area contributed by atoms with Crippen LogP contribution in [0.15, 0.2) is 12.1 Å². The molecule has 0 spiro atoms. The van der Waals surface area contributed by atoms with Gasteiger partial charge in [0.1, 0.15) is 0 Å². The third kappa shape index (κ3) is 2.65. The van der Waals surface area contributed by atoms with Gasteiger partial charge >= 0.3 is 0 Å². The first-order valence-electron chi connectivity index (χ1n) is 6.41. The van der Waals surface area contributed by atoms with E-state index in [-0.39, 0.29) is 6.04 Å². The van der Waals surface area contributed by atoms with Crippen LogP contribution in [0, 0.1) is 26.7 Å². The Balaban J connectivity index is 2.11. The van der Waals surface area contributed by atoms with Crippen molar-refractivity contribution in [2.24, 2.45) is 11.7 Å². The van der Waals surface area contributed by atoms with Gasteiger partial charge in [0.15, 0.2) is 0 Å². The first-order chi connectivity index (χ1) is 7.58. The fourth-order valence-corrected chi connectivity index (χ4v) is 2.74. The molecule has 1 nitrogen and oxygen atoms in total. The lowest BCUT2D eigenvalue weighted by Gasteiger charge is -2.18. The topological polar surface area (TPSA) is 26.0 Å². The number of hydrogen-bond acceptors (Lipinski definition) is 1. The molecule has 88 valence electrons. The number of nitrogens with two attached hydrogens (primary N) is 1. The molecule has 1 aromatic rings. The smallest absolute Gasteiger partial charge is 0.0300 e. The van der Waals surface area contributed by atoms with E-state index in [4.69, 9.17) is 5.73 Å². The van der Waals surface area contributed by atoms with E-state index in [1.54, 1.807) is 0 Å². The molecule has 1 aromatic carbocycles. The molecule has 16 heavy (non-hydrogen) atoms. The van der Waals surface area contributed by atoms with Gasteiger partial charge in [-0.2, -0.15) is 0 Å². The van der Waals surface area contributed by atoms with Crippen LogP contribution < -0.4 is 5.73 Å². The third-order valence-corrected chi connectivity index (χ3v) is 3.69. The first kappa shape index (κ1) is 11.7. The quantitative estimate of drug-likeness (QED) is 0.815. The maximum Gasteiger partial charge on any atom is 0.0300 e. The largest absolute Gasteiger partial charge is 0.324 e. The van der Waals surface area contributed by atoms with Crippen LogP contribution in [0.4, 0.5) is 0 Å². The van der Waals surface area contributed by atoms with E-state index >= 15 is 0 Å². The Morgan fingerprint density at radius 3 is 2.25 bits per heavy atom. The number of hydrogen-bond donors (Lipinski definition) is 1. The molecule has 1 fully saturated rings. The Morgan fingerprint density at radius 2 is 1.75 bits per heavy atom. The highest BCUT2D eigenvalue weighted by molar-refractivity contribution is 5.39. The maximum atomic E-state index is 6.32. The minimum Gasteiger partial charge on any atom is -0.324 e. The van der Waals surface area contributed by atoms with Crippen molar-refractivity contribution in [2.45, 2.75) is 52.5 Å². The summed E-state index contributed by atoms with van der Waals surface area (Å²) in [6.45, 7) is 6.53. The molecule has 0 bridgehead atoms. The highest BCUT2D eigenvalue weighted by Gasteiger charge is 2.22. The van der Waals surface area contributed by atoms with E-state index in [2.05, 4.69) is 32.9 Å². The van der Waals surface area contributed by atoms with Crippen LogP contribution >= 0.6 is 0 Å². The zero-order valence-electron chi connectivity index (χ0n) is 10.7. The zero-order chi connectivity index (χ0) is 11.7. The number of aryl methyl sites for hydroxylation is 3. The fourth-order valence-electron chi connectivity index (χ4n) is 2.74. The summed E-state index contributed by atoms with van der Waals surface area (Å²) in [4.78, 5) is 0. The lowest BCUT2D eigenvalue weighted by Crippen LogP contribution is -2.13. The summed E-state index contributed by atoms with van der Waals surface area (Å²) in [6.07, 6.45) is 5.32. The second kappa shape index (κ2) is 4.58. The van der Waals surface area contributed by atoms with E-state index in [1.807, 2.05) is 0 Å². The van der Waals surface area contributed by atoms with E-state index < -0.39 is 0 Å². The second-order valence-corrected chi connectivity index (χ2v) is 5.44.